The number of rotatable bonds is 13. The number of halogens is 3. The molecule has 11 heteroatoms. The van der Waals surface area contributed by atoms with E-state index in [1.807, 2.05) is 6.92 Å². The first-order valence-electron chi connectivity index (χ1n) is 12.1. The van der Waals surface area contributed by atoms with Gasteiger partial charge in [-0.05, 0) is 56.5 Å². The summed E-state index contributed by atoms with van der Waals surface area (Å²) in [5, 5.41) is 4.10. The normalized spacial score (nSPS) is 12.2. The molecule has 204 valence electrons. The standard InChI is InChI=1S/C26H34Cl3N3O4S/c1-5-6-15-30-26(34)19(3)31(17-20-22(28)11-7-12-23(20)29)25(33)14-9-16-32(37(4,35)36)24-13-8-10-21(27)18(24)2/h7-8,10-13,19H,5-6,9,14-17H2,1-4H3,(H,30,34)/t19-/m0/s1. The summed E-state index contributed by atoms with van der Waals surface area (Å²) in [7, 11) is -3.63. The van der Waals surface area contributed by atoms with Crippen molar-refractivity contribution < 1.29 is 18.0 Å². The van der Waals surface area contributed by atoms with E-state index in [0.29, 0.717) is 38.4 Å². The number of amides is 2. The van der Waals surface area contributed by atoms with Gasteiger partial charge < -0.3 is 10.2 Å². The van der Waals surface area contributed by atoms with Crippen molar-refractivity contribution >= 4 is 62.3 Å². The molecule has 0 unspecified atom stereocenters. The number of hydrogen-bond acceptors (Lipinski definition) is 4. The fraction of sp³-hybridized carbons (Fsp3) is 0.462. The number of sulfonamides is 1. The van der Waals surface area contributed by atoms with E-state index in [2.05, 4.69) is 5.32 Å². The number of hydrogen-bond donors (Lipinski definition) is 1. The molecular formula is C26H34Cl3N3O4S. The van der Waals surface area contributed by atoms with Crippen molar-refractivity contribution in [1.82, 2.24) is 10.2 Å². The molecule has 0 fully saturated rings. The highest BCUT2D eigenvalue weighted by Gasteiger charge is 2.28. The van der Waals surface area contributed by atoms with Crippen LogP contribution in [-0.4, -0.2) is 50.5 Å². The molecule has 0 spiro atoms. The minimum atomic E-state index is -3.63. The van der Waals surface area contributed by atoms with Crippen LogP contribution in [0.25, 0.3) is 0 Å². The van der Waals surface area contributed by atoms with Crippen LogP contribution >= 0.6 is 34.8 Å². The molecule has 0 saturated carbocycles. The summed E-state index contributed by atoms with van der Waals surface area (Å²) in [5.74, 6) is -0.595. The lowest BCUT2D eigenvalue weighted by Crippen LogP contribution is -2.48. The number of nitrogens with one attached hydrogen (secondary N) is 1. The van der Waals surface area contributed by atoms with Gasteiger partial charge in [0.1, 0.15) is 6.04 Å². The Labute approximate surface area is 235 Å². The Kier molecular flexibility index (Phi) is 12.0. The van der Waals surface area contributed by atoms with Gasteiger partial charge in [-0.3, -0.25) is 13.9 Å². The van der Waals surface area contributed by atoms with Gasteiger partial charge in [0.15, 0.2) is 0 Å². The van der Waals surface area contributed by atoms with Gasteiger partial charge in [0.2, 0.25) is 21.8 Å². The highest BCUT2D eigenvalue weighted by molar-refractivity contribution is 7.92. The maximum absolute atomic E-state index is 13.4. The first-order valence-corrected chi connectivity index (χ1v) is 15.1. The molecule has 2 amide bonds. The Balaban J connectivity index is 2.24. The predicted octanol–water partition coefficient (Wildman–Crippen LogP) is 5.84. The fourth-order valence-corrected chi connectivity index (χ4v) is 5.52. The van der Waals surface area contributed by atoms with Gasteiger partial charge in [0, 0.05) is 46.7 Å². The van der Waals surface area contributed by atoms with Crippen molar-refractivity contribution in [2.45, 2.75) is 59.0 Å². The predicted molar refractivity (Wildman–Crippen MR) is 152 cm³/mol. The number of anilines is 1. The second kappa shape index (κ2) is 14.2. The molecular weight excluding hydrogens is 557 g/mol. The molecule has 0 radical (unpaired) electrons. The number of unbranched alkanes of at least 4 members (excludes halogenated alkanes) is 1. The van der Waals surface area contributed by atoms with Gasteiger partial charge in [-0.15, -0.1) is 0 Å². The molecule has 0 aliphatic heterocycles. The van der Waals surface area contributed by atoms with Gasteiger partial charge in [0.05, 0.1) is 11.9 Å². The van der Waals surface area contributed by atoms with Crippen LogP contribution in [-0.2, 0) is 26.2 Å². The second-order valence-corrected chi connectivity index (χ2v) is 12.0. The highest BCUT2D eigenvalue weighted by atomic mass is 35.5. The Hall–Kier alpha value is -2.00. The zero-order valence-electron chi connectivity index (χ0n) is 21.6. The lowest BCUT2D eigenvalue weighted by atomic mass is 10.1. The van der Waals surface area contributed by atoms with Crippen LogP contribution in [0.5, 0.6) is 0 Å². The zero-order valence-corrected chi connectivity index (χ0v) is 24.6. The maximum Gasteiger partial charge on any atom is 0.242 e. The minimum Gasteiger partial charge on any atom is -0.354 e. The van der Waals surface area contributed by atoms with Crippen molar-refractivity contribution in [3.63, 3.8) is 0 Å². The SMILES string of the molecule is CCCCNC(=O)[C@H](C)N(Cc1c(Cl)cccc1Cl)C(=O)CCCN(c1cccc(Cl)c1C)S(C)(=O)=O. The molecule has 0 aliphatic carbocycles. The smallest absolute Gasteiger partial charge is 0.242 e. The van der Waals surface area contributed by atoms with Gasteiger partial charge in [0.25, 0.3) is 0 Å². The Morgan fingerprint density at radius 2 is 1.59 bits per heavy atom. The average molecular weight is 591 g/mol. The maximum atomic E-state index is 13.4. The largest absolute Gasteiger partial charge is 0.354 e. The first kappa shape index (κ1) is 31.2. The van der Waals surface area contributed by atoms with Crippen LogP contribution in [0, 0.1) is 6.92 Å². The van der Waals surface area contributed by atoms with Crippen LogP contribution in [0.1, 0.15) is 50.7 Å². The van der Waals surface area contributed by atoms with Crippen LogP contribution in [0.4, 0.5) is 5.69 Å². The van der Waals surface area contributed by atoms with Gasteiger partial charge in [-0.25, -0.2) is 8.42 Å². The van der Waals surface area contributed by atoms with E-state index in [1.165, 1.54) is 9.21 Å². The Morgan fingerprint density at radius 3 is 2.19 bits per heavy atom. The van der Waals surface area contributed by atoms with Crippen molar-refractivity contribution in [3.05, 3.63) is 62.6 Å². The molecule has 2 aromatic carbocycles. The molecule has 0 saturated heterocycles. The summed E-state index contributed by atoms with van der Waals surface area (Å²) >= 11 is 18.9. The van der Waals surface area contributed by atoms with Gasteiger partial charge >= 0.3 is 0 Å². The summed E-state index contributed by atoms with van der Waals surface area (Å²) in [6.45, 7) is 6.05. The summed E-state index contributed by atoms with van der Waals surface area (Å²) < 4.78 is 26.3. The van der Waals surface area contributed by atoms with E-state index in [0.717, 1.165) is 19.1 Å². The molecule has 0 aliphatic rings. The summed E-state index contributed by atoms with van der Waals surface area (Å²) in [4.78, 5) is 27.7. The first-order chi connectivity index (χ1) is 17.4. The molecule has 2 rings (SSSR count). The lowest BCUT2D eigenvalue weighted by Gasteiger charge is -2.30. The molecule has 7 nitrogen and oxygen atoms in total. The number of carbonyl (C=O) groups is 2. The minimum absolute atomic E-state index is 0.0142. The van der Waals surface area contributed by atoms with E-state index >= 15 is 0 Å². The fourth-order valence-electron chi connectivity index (χ4n) is 3.82. The molecule has 1 N–H and O–H groups in total. The molecule has 0 bridgehead atoms. The quantitative estimate of drug-likeness (QED) is 0.297. The topological polar surface area (TPSA) is 86.8 Å². The second-order valence-electron chi connectivity index (χ2n) is 8.87. The summed E-state index contributed by atoms with van der Waals surface area (Å²) in [5.41, 5.74) is 1.64. The molecule has 37 heavy (non-hydrogen) atoms. The van der Waals surface area contributed by atoms with Crippen molar-refractivity contribution in [3.8, 4) is 0 Å². The third kappa shape index (κ3) is 8.77. The number of nitrogens with zero attached hydrogens (tertiary/aromatic N) is 2. The van der Waals surface area contributed by atoms with E-state index < -0.39 is 16.1 Å². The van der Waals surface area contributed by atoms with E-state index in [-0.39, 0.29) is 37.7 Å². The van der Waals surface area contributed by atoms with Crippen molar-refractivity contribution in [2.24, 2.45) is 0 Å². The Bertz CT molecular complexity index is 1190. The molecule has 0 heterocycles. The monoisotopic (exact) mass is 589 g/mol. The van der Waals surface area contributed by atoms with Gasteiger partial charge in [-0.1, -0.05) is 60.3 Å². The van der Waals surface area contributed by atoms with Crippen LogP contribution in [0.15, 0.2) is 36.4 Å². The third-order valence-corrected chi connectivity index (χ3v) is 8.34. The van der Waals surface area contributed by atoms with Crippen molar-refractivity contribution in [1.29, 1.82) is 0 Å². The van der Waals surface area contributed by atoms with Crippen LogP contribution < -0.4 is 9.62 Å². The highest BCUT2D eigenvalue weighted by Crippen LogP contribution is 2.29. The zero-order chi connectivity index (χ0) is 27.8. The summed E-state index contributed by atoms with van der Waals surface area (Å²) in [6.07, 6.45) is 3.11. The number of benzene rings is 2. The van der Waals surface area contributed by atoms with Crippen LogP contribution in [0.2, 0.25) is 15.1 Å². The van der Waals surface area contributed by atoms with E-state index in [9.17, 15) is 18.0 Å². The van der Waals surface area contributed by atoms with Crippen LogP contribution in [0.3, 0.4) is 0 Å². The summed E-state index contributed by atoms with van der Waals surface area (Å²) in [6, 6.07) is 9.33. The lowest BCUT2D eigenvalue weighted by molar-refractivity contribution is -0.140. The molecule has 1 atom stereocenters. The average Bonchev–Trinajstić information content (AvgIpc) is 2.82. The molecule has 2 aromatic rings. The van der Waals surface area contributed by atoms with E-state index in [1.54, 1.807) is 50.2 Å². The third-order valence-electron chi connectivity index (χ3n) is 6.05. The van der Waals surface area contributed by atoms with E-state index in [4.69, 9.17) is 34.8 Å². The Morgan fingerprint density at radius 1 is 1.00 bits per heavy atom. The van der Waals surface area contributed by atoms with Gasteiger partial charge in [-0.2, -0.15) is 0 Å². The van der Waals surface area contributed by atoms with Crippen molar-refractivity contribution in [2.75, 3.05) is 23.7 Å². The number of carbonyl (C=O) groups excluding carboxylic acids is 2. The molecule has 0 aromatic heterocycles.